The Morgan fingerprint density at radius 3 is 2.50 bits per heavy atom. The monoisotopic (exact) mass is 574 g/mol. The summed E-state index contributed by atoms with van der Waals surface area (Å²) < 4.78 is 32.1. The fourth-order valence-corrected chi connectivity index (χ4v) is 4.81. The van der Waals surface area contributed by atoms with Gasteiger partial charge in [0, 0.05) is 45.0 Å². The molecule has 2 aromatic carbocycles. The third-order valence-electron chi connectivity index (χ3n) is 6.72. The number of anilines is 1. The van der Waals surface area contributed by atoms with Crippen molar-refractivity contribution in [1.29, 1.82) is 0 Å². The Balaban J connectivity index is 1.18. The van der Waals surface area contributed by atoms with E-state index < -0.39 is 12.6 Å². The zero-order valence-electron chi connectivity index (χ0n) is 22.3. The summed E-state index contributed by atoms with van der Waals surface area (Å²) in [5.41, 5.74) is 2.76. The molecule has 2 amide bonds. The van der Waals surface area contributed by atoms with E-state index in [0.29, 0.717) is 48.7 Å². The number of halogens is 2. The van der Waals surface area contributed by atoms with E-state index in [1.807, 2.05) is 35.2 Å². The van der Waals surface area contributed by atoms with Gasteiger partial charge in [-0.2, -0.15) is 8.78 Å². The topological polar surface area (TPSA) is 148 Å². The highest BCUT2D eigenvalue weighted by Crippen LogP contribution is 2.28. The largest absolute Gasteiger partial charge is 0.435 e. The number of aromatic nitrogens is 7. The maximum Gasteiger partial charge on any atom is 0.350 e. The summed E-state index contributed by atoms with van der Waals surface area (Å²) in [7, 11) is 0. The number of oxazole rings is 1. The van der Waals surface area contributed by atoms with Crippen molar-refractivity contribution >= 4 is 28.6 Å². The van der Waals surface area contributed by atoms with Crippen LogP contribution in [0, 0.1) is 0 Å². The van der Waals surface area contributed by atoms with Crippen LogP contribution in [0.2, 0.25) is 0 Å². The second kappa shape index (κ2) is 11.4. The van der Waals surface area contributed by atoms with Gasteiger partial charge in [0.2, 0.25) is 17.6 Å². The molecule has 1 unspecified atom stereocenters. The van der Waals surface area contributed by atoms with Gasteiger partial charge in [0.1, 0.15) is 11.2 Å². The van der Waals surface area contributed by atoms with Crippen LogP contribution in [0.15, 0.2) is 65.2 Å². The Labute approximate surface area is 237 Å². The van der Waals surface area contributed by atoms with Gasteiger partial charge >= 0.3 is 6.55 Å². The molecule has 4 heterocycles. The highest BCUT2D eigenvalue weighted by molar-refractivity contribution is 5.92. The van der Waals surface area contributed by atoms with Crippen LogP contribution < -0.4 is 5.32 Å². The molecule has 1 saturated heterocycles. The average Bonchev–Trinajstić information content (AvgIpc) is 3.66. The summed E-state index contributed by atoms with van der Waals surface area (Å²) in [6.07, 6.45) is 1.47. The number of benzene rings is 2. The van der Waals surface area contributed by atoms with Gasteiger partial charge in [-0.25, -0.2) is 15.0 Å². The summed E-state index contributed by atoms with van der Waals surface area (Å²) in [6, 6.07) is 15.5. The van der Waals surface area contributed by atoms with E-state index >= 15 is 0 Å². The minimum Gasteiger partial charge on any atom is -0.435 e. The quantitative estimate of drug-likeness (QED) is 0.307. The number of hydrogen-bond donors (Lipinski definition) is 1. The first-order valence-electron chi connectivity index (χ1n) is 13.0. The molecule has 0 spiro atoms. The number of piperazine rings is 1. The van der Waals surface area contributed by atoms with E-state index in [1.54, 1.807) is 29.2 Å². The van der Waals surface area contributed by atoms with Gasteiger partial charge in [0.15, 0.2) is 11.4 Å². The van der Waals surface area contributed by atoms with Gasteiger partial charge in [-0.05, 0) is 35.0 Å². The van der Waals surface area contributed by atoms with Crippen LogP contribution in [0.4, 0.5) is 14.5 Å². The van der Waals surface area contributed by atoms with Gasteiger partial charge < -0.3 is 14.6 Å². The minimum atomic E-state index is -2.90. The minimum absolute atomic E-state index is 0.0108. The predicted molar refractivity (Wildman–Crippen MR) is 144 cm³/mol. The van der Waals surface area contributed by atoms with Gasteiger partial charge in [0.25, 0.3) is 5.91 Å². The standard InChI is InChI=1S/C27H24F2N10O3/c1-16(40)31-18-7-8-21-20(15-18)33-25(42-21)19-9-10-30-24(32-19)26(41)38-13-11-37(12-14-38)22(17-5-3-2-4-6-17)23-34-36-39(35-23)27(28)29/h2-10,15,22,27H,11-14H2,1H3,(H,31,40). The maximum absolute atomic E-state index is 13.4. The average molecular weight is 575 g/mol. The first-order chi connectivity index (χ1) is 20.4. The van der Waals surface area contributed by atoms with Crippen LogP contribution in [0.5, 0.6) is 0 Å². The van der Waals surface area contributed by atoms with E-state index in [-0.39, 0.29) is 34.2 Å². The first kappa shape index (κ1) is 27.0. The number of tetrazole rings is 1. The molecule has 42 heavy (non-hydrogen) atoms. The molecule has 5 aromatic rings. The molecule has 1 aliphatic heterocycles. The molecule has 1 N–H and O–H groups in total. The molecule has 0 bridgehead atoms. The number of carbonyl (C=O) groups is 2. The molecule has 13 nitrogen and oxygen atoms in total. The van der Waals surface area contributed by atoms with Crippen LogP contribution >= 0.6 is 0 Å². The van der Waals surface area contributed by atoms with E-state index in [2.05, 4.69) is 35.7 Å². The SMILES string of the molecule is CC(=O)Nc1ccc2oc(-c3ccnc(C(=O)N4CCN(C(c5ccccc5)c5nnn(C(F)F)n5)CC4)n3)nc2c1. The third-order valence-corrected chi connectivity index (χ3v) is 6.72. The highest BCUT2D eigenvalue weighted by Gasteiger charge is 2.32. The summed E-state index contributed by atoms with van der Waals surface area (Å²) in [6.45, 7) is 0.0513. The Hall–Kier alpha value is -5.18. The number of carbonyl (C=O) groups excluding carboxylic acids is 2. The molecule has 1 fully saturated rings. The highest BCUT2D eigenvalue weighted by atomic mass is 19.3. The number of nitrogens with zero attached hydrogens (tertiary/aromatic N) is 9. The van der Waals surface area contributed by atoms with E-state index in [0.717, 1.165) is 5.56 Å². The Morgan fingerprint density at radius 2 is 1.79 bits per heavy atom. The summed E-state index contributed by atoms with van der Waals surface area (Å²) in [5.74, 6) is -0.215. The molecule has 6 rings (SSSR count). The number of nitrogens with one attached hydrogen (secondary N) is 1. The summed E-state index contributed by atoms with van der Waals surface area (Å²) >= 11 is 0. The lowest BCUT2D eigenvalue weighted by Gasteiger charge is -2.38. The second-order valence-corrected chi connectivity index (χ2v) is 9.54. The Bertz CT molecular complexity index is 1730. The van der Waals surface area contributed by atoms with Crippen LogP contribution in [0.1, 0.15) is 41.5 Å². The number of amides is 2. The van der Waals surface area contributed by atoms with Crippen molar-refractivity contribution in [2.24, 2.45) is 0 Å². The Kier molecular flexibility index (Phi) is 7.31. The van der Waals surface area contributed by atoms with Crippen molar-refractivity contribution in [1.82, 2.24) is 45.0 Å². The van der Waals surface area contributed by atoms with Crippen molar-refractivity contribution in [3.63, 3.8) is 0 Å². The molecule has 15 heteroatoms. The Morgan fingerprint density at radius 1 is 1.00 bits per heavy atom. The second-order valence-electron chi connectivity index (χ2n) is 9.54. The van der Waals surface area contributed by atoms with Gasteiger partial charge in [-0.15, -0.1) is 10.2 Å². The molecule has 0 radical (unpaired) electrons. The van der Waals surface area contributed by atoms with E-state index in [1.165, 1.54) is 13.1 Å². The van der Waals surface area contributed by atoms with Crippen molar-refractivity contribution in [2.75, 3.05) is 31.5 Å². The fourth-order valence-electron chi connectivity index (χ4n) is 4.81. The van der Waals surface area contributed by atoms with Crippen LogP contribution in [-0.2, 0) is 4.79 Å². The number of fused-ring (bicyclic) bond motifs is 1. The van der Waals surface area contributed by atoms with Gasteiger partial charge in [-0.3, -0.25) is 14.5 Å². The lowest BCUT2D eigenvalue weighted by atomic mass is 10.0. The number of hydrogen-bond acceptors (Lipinski definition) is 10. The zero-order chi connectivity index (χ0) is 29.2. The van der Waals surface area contributed by atoms with Crippen LogP contribution in [0.3, 0.4) is 0 Å². The zero-order valence-corrected chi connectivity index (χ0v) is 22.3. The van der Waals surface area contributed by atoms with E-state index in [4.69, 9.17) is 4.42 Å². The smallest absolute Gasteiger partial charge is 0.350 e. The van der Waals surface area contributed by atoms with Crippen LogP contribution in [-0.4, -0.2) is 83.0 Å². The summed E-state index contributed by atoms with van der Waals surface area (Å²) in [4.78, 5) is 41.7. The lowest BCUT2D eigenvalue weighted by molar-refractivity contribution is -0.114. The molecular formula is C27H24F2N10O3. The number of alkyl halides is 2. The molecule has 0 saturated carbocycles. The van der Waals surface area contributed by atoms with Crippen molar-refractivity contribution < 1.29 is 22.8 Å². The molecule has 1 atom stereocenters. The van der Waals surface area contributed by atoms with Crippen molar-refractivity contribution in [3.05, 3.63) is 78.0 Å². The molecule has 3 aromatic heterocycles. The van der Waals surface area contributed by atoms with E-state index in [9.17, 15) is 18.4 Å². The molecule has 214 valence electrons. The van der Waals surface area contributed by atoms with Crippen molar-refractivity contribution in [2.45, 2.75) is 19.5 Å². The summed E-state index contributed by atoms with van der Waals surface area (Å²) in [5, 5.41) is 14.0. The lowest BCUT2D eigenvalue weighted by Crippen LogP contribution is -2.50. The van der Waals surface area contributed by atoms with Crippen LogP contribution in [0.25, 0.3) is 22.7 Å². The predicted octanol–water partition coefficient (Wildman–Crippen LogP) is 3.17. The third kappa shape index (κ3) is 5.54. The molecular weight excluding hydrogens is 550 g/mol. The first-order valence-corrected chi connectivity index (χ1v) is 13.0. The maximum atomic E-state index is 13.4. The van der Waals surface area contributed by atoms with Gasteiger partial charge in [0.05, 0.1) is 6.04 Å². The number of rotatable bonds is 7. The molecule has 0 aliphatic carbocycles. The molecule has 1 aliphatic rings. The normalized spacial score (nSPS) is 14.8. The fraction of sp³-hybridized carbons (Fsp3) is 0.259. The van der Waals surface area contributed by atoms with Crippen molar-refractivity contribution in [3.8, 4) is 11.6 Å². The van der Waals surface area contributed by atoms with Gasteiger partial charge in [-0.1, -0.05) is 35.1 Å².